The van der Waals surface area contributed by atoms with Gasteiger partial charge in [-0.05, 0) is 32.3 Å². The van der Waals surface area contributed by atoms with E-state index in [1.165, 1.54) is 4.88 Å². The van der Waals surface area contributed by atoms with Crippen molar-refractivity contribution in [2.24, 2.45) is 0 Å². The van der Waals surface area contributed by atoms with Gasteiger partial charge in [0.15, 0.2) is 0 Å². The molecule has 5 heteroatoms. The van der Waals surface area contributed by atoms with Crippen LogP contribution in [0.25, 0.3) is 0 Å². The molecule has 0 aromatic carbocycles. The number of nitrogens with zero attached hydrogens (tertiary/aromatic N) is 3. The van der Waals surface area contributed by atoms with Crippen LogP contribution in [-0.4, -0.2) is 21.8 Å². The Bertz CT molecular complexity index is 447. The minimum absolute atomic E-state index is 0.316. The molecular weight excluding hydrogens is 232 g/mol. The van der Waals surface area contributed by atoms with Crippen molar-refractivity contribution in [1.29, 1.82) is 0 Å². The standard InChI is InChI=1S/C12H18N4S/c1-9(2)16-12(14-8-15-16)7-10(13-3)11-5-4-6-17-11/h4-6,8-10,13H,7H2,1-3H3. The van der Waals surface area contributed by atoms with E-state index < -0.39 is 0 Å². The van der Waals surface area contributed by atoms with Crippen LogP contribution in [0.3, 0.4) is 0 Å². The Hall–Kier alpha value is -1.20. The van der Waals surface area contributed by atoms with E-state index in [9.17, 15) is 0 Å². The minimum atomic E-state index is 0.316. The molecule has 2 aromatic rings. The highest BCUT2D eigenvalue weighted by molar-refractivity contribution is 7.10. The van der Waals surface area contributed by atoms with Crippen molar-refractivity contribution in [1.82, 2.24) is 20.1 Å². The van der Waals surface area contributed by atoms with E-state index in [0.29, 0.717) is 12.1 Å². The molecule has 1 N–H and O–H groups in total. The molecule has 0 amide bonds. The Morgan fingerprint density at radius 1 is 1.47 bits per heavy atom. The van der Waals surface area contributed by atoms with Gasteiger partial charge in [0, 0.05) is 23.4 Å². The second-order valence-corrected chi connectivity index (χ2v) is 5.25. The molecule has 0 aliphatic carbocycles. The molecule has 0 spiro atoms. The van der Waals surface area contributed by atoms with Gasteiger partial charge in [0.25, 0.3) is 0 Å². The van der Waals surface area contributed by atoms with Crippen molar-refractivity contribution in [3.63, 3.8) is 0 Å². The van der Waals surface area contributed by atoms with Gasteiger partial charge < -0.3 is 5.32 Å². The molecule has 2 heterocycles. The van der Waals surface area contributed by atoms with Crippen molar-refractivity contribution < 1.29 is 0 Å². The third-order valence-electron chi connectivity index (χ3n) is 2.76. The summed E-state index contributed by atoms with van der Waals surface area (Å²) >= 11 is 1.77. The fourth-order valence-corrected chi connectivity index (χ4v) is 2.71. The molecule has 1 unspecified atom stereocenters. The molecular formula is C12H18N4S. The first kappa shape index (κ1) is 12.3. The molecule has 0 bridgehead atoms. The van der Waals surface area contributed by atoms with Gasteiger partial charge in [-0.2, -0.15) is 5.10 Å². The molecule has 0 saturated carbocycles. The molecule has 0 aliphatic heterocycles. The summed E-state index contributed by atoms with van der Waals surface area (Å²) in [6, 6.07) is 4.91. The van der Waals surface area contributed by atoms with Crippen LogP contribution in [0.15, 0.2) is 23.8 Å². The maximum absolute atomic E-state index is 4.35. The molecule has 4 nitrogen and oxygen atoms in total. The van der Waals surface area contributed by atoms with Crippen LogP contribution in [0.5, 0.6) is 0 Å². The fourth-order valence-electron chi connectivity index (χ4n) is 1.87. The van der Waals surface area contributed by atoms with E-state index in [2.05, 4.69) is 46.8 Å². The third-order valence-corrected chi connectivity index (χ3v) is 3.74. The molecule has 17 heavy (non-hydrogen) atoms. The monoisotopic (exact) mass is 250 g/mol. The highest BCUT2D eigenvalue weighted by Gasteiger charge is 2.16. The molecule has 1 atom stereocenters. The third kappa shape index (κ3) is 2.73. The minimum Gasteiger partial charge on any atom is -0.312 e. The second-order valence-electron chi connectivity index (χ2n) is 4.28. The van der Waals surface area contributed by atoms with Crippen LogP contribution in [-0.2, 0) is 6.42 Å². The van der Waals surface area contributed by atoms with Gasteiger partial charge in [0.05, 0.1) is 0 Å². The molecule has 0 aliphatic rings. The number of nitrogens with one attached hydrogen (secondary N) is 1. The molecule has 0 radical (unpaired) electrons. The summed E-state index contributed by atoms with van der Waals surface area (Å²) in [5.74, 6) is 1.03. The van der Waals surface area contributed by atoms with Crippen molar-refractivity contribution in [2.75, 3.05) is 7.05 Å². The zero-order chi connectivity index (χ0) is 12.3. The maximum Gasteiger partial charge on any atom is 0.138 e. The quantitative estimate of drug-likeness (QED) is 0.886. The number of aromatic nitrogens is 3. The van der Waals surface area contributed by atoms with Gasteiger partial charge in [-0.1, -0.05) is 6.07 Å². The predicted octanol–water partition coefficient (Wildman–Crippen LogP) is 2.42. The van der Waals surface area contributed by atoms with Crippen LogP contribution < -0.4 is 5.32 Å². The van der Waals surface area contributed by atoms with Crippen molar-refractivity contribution in [2.45, 2.75) is 32.4 Å². The summed E-state index contributed by atoms with van der Waals surface area (Å²) in [5.41, 5.74) is 0. The lowest BCUT2D eigenvalue weighted by Gasteiger charge is -2.16. The first-order chi connectivity index (χ1) is 8.22. The number of thiophene rings is 1. The maximum atomic E-state index is 4.35. The van der Waals surface area contributed by atoms with E-state index in [-0.39, 0.29) is 0 Å². The van der Waals surface area contributed by atoms with Crippen LogP contribution in [0.2, 0.25) is 0 Å². The Kier molecular flexibility index (Phi) is 3.91. The van der Waals surface area contributed by atoms with E-state index in [1.54, 1.807) is 17.7 Å². The van der Waals surface area contributed by atoms with Crippen LogP contribution in [0, 0.1) is 0 Å². The lowest BCUT2D eigenvalue weighted by molar-refractivity contribution is 0.480. The Morgan fingerprint density at radius 3 is 2.88 bits per heavy atom. The summed E-state index contributed by atoms with van der Waals surface area (Å²) in [4.78, 5) is 5.69. The normalized spacial score (nSPS) is 13.2. The van der Waals surface area contributed by atoms with Crippen LogP contribution in [0.1, 0.15) is 36.6 Å². The highest BCUT2D eigenvalue weighted by Crippen LogP contribution is 2.22. The van der Waals surface area contributed by atoms with E-state index in [4.69, 9.17) is 0 Å². The highest BCUT2D eigenvalue weighted by atomic mass is 32.1. The van der Waals surface area contributed by atoms with Gasteiger partial charge in [-0.15, -0.1) is 11.3 Å². The average molecular weight is 250 g/mol. The summed E-state index contributed by atoms with van der Waals surface area (Å²) < 4.78 is 1.98. The first-order valence-corrected chi connectivity index (χ1v) is 6.69. The lowest BCUT2D eigenvalue weighted by Crippen LogP contribution is -2.20. The smallest absolute Gasteiger partial charge is 0.138 e. The number of hydrogen-bond acceptors (Lipinski definition) is 4. The van der Waals surface area contributed by atoms with E-state index >= 15 is 0 Å². The summed E-state index contributed by atoms with van der Waals surface area (Å²) in [6.45, 7) is 4.25. The fraction of sp³-hybridized carbons (Fsp3) is 0.500. The molecule has 2 rings (SSSR count). The van der Waals surface area contributed by atoms with Gasteiger partial charge in [-0.3, -0.25) is 0 Å². The Labute approximate surface area is 106 Å². The summed E-state index contributed by atoms with van der Waals surface area (Å²) in [7, 11) is 1.99. The molecule has 0 saturated heterocycles. The van der Waals surface area contributed by atoms with Crippen LogP contribution >= 0.6 is 11.3 Å². The van der Waals surface area contributed by atoms with Crippen molar-refractivity contribution in [3.05, 3.63) is 34.5 Å². The van der Waals surface area contributed by atoms with Gasteiger partial charge in [0.1, 0.15) is 12.2 Å². The lowest BCUT2D eigenvalue weighted by atomic mass is 10.1. The number of hydrogen-bond donors (Lipinski definition) is 1. The first-order valence-electron chi connectivity index (χ1n) is 5.81. The topological polar surface area (TPSA) is 42.7 Å². The number of likely N-dealkylation sites (N-methyl/N-ethyl adjacent to an activating group) is 1. The predicted molar refractivity (Wildman–Crippen MR) is 70.2 cm³/mol. The summed E-state index contributed by atoms with van der Waals surface area (Å²) in [5, 5.41) is 9.71. The van der Waals surface area contributed by atoms with Gasteiger partial charge in [0.2, 0.25) is 0 Å². The zero-order valence-electron chi connectivity index (χ0n) is 10.4. The van der Waals surface area contributed by atoms with Crippen LogP contribution in [0.4, 0.5) is 0 Å². The molecule has 92 valence electrons. The Balaban J connectivity index is 2.16. The Morgan fingerprint density at radius 2 is 2.29 bits per heavy atom. The van der Waals surface area contributed by atoms with Crippen molar-refractivity contribution in [3.8, 4) is 0 Å². The van der Waals surface area contributed by atoms with Gasteiger partial charge >= 0.3 is 0 Å². The van der Waals surface area contributed by atoms with E-state index in [0.717, 1.165) is 12.2 Å². The molecule has 0 fully saturated rings. The summed E-state index contributed by atoms with van der Waals surface area (Å²) in [6.07, 6.45) is 2.51. The van der Waals surface area contributed by atoms with Gasteiger partial charge in [-0.25, -0.2) is 9.67 Å². The molecule has 2 aromatic heterocycles. The SMILES string of the molecule is CNC(Cc1ncnn1C(C)C)c1cccs1. The second kappa shape index (κ2) is 5.42. The van der Waals surface area contributed by atoms with E-state index in [1.807, 2.05) is 11.7 Å². The largest absolute Gasteiger partial charge is 0.312 e. The van der Waals surface area contributed by atoms with Crippen molar-refractivity contribution >= 4 is 11.3 Å². The average Bonchev–Trinajstić information content (AvgIpc) is 2.96. The number of rotatable bonds is 5. The zero-order valence-corrected chi connectivity index (χ0v) is 11.2.